The summed E-state index contributed by atoms with van der Waals surface area (Å²) in [6, 6.07) is 0. The van der Waals surface area contributed by atoms with E-state index in [0.717, 1.165) is 12.8 Å². The van der Waals surface area contributed by atoms with E-state index in [4.69, 9.17) is 16.8 Å². The molecule has 0 fully saturated rings. The summed E-state index contributed by atoms with van der Waals surface area (Å²) in [5, 5.41) is 10.8. The van der Waals surface area contributed by atoms with Crippen LogP contribution in [0.25, 0.3) is 0 Å². The van der Waals surface area contributed by atoms with Gasteiger partial charge in [-0.05, 0) is 6.42 Å². The number of carbonyl (C=O) groups excluding carboxylic acids is 1. The van der Waals surface area contributed by atoms with Crippen LogP contribution >= 0.6 is 11.6 Å². The van der Waals surface area contributed by atoms with Gasteiger partial charge in [0.1, 0.15) is 0 Å². The van der Waals surface area contributed by atoms with Crippen molar-refractivity contribution in [1.29, 1.82) is 0 Å². The molecule has 0 spiro atoms. The number of oxime groups is 1. The topological polar surface area (TPSA) is 49.7 Å². The maximum absolute atomic E-state index is 11.3. The van der Waals surface area contributed by atoms with Crippen molar-refractivity contribution in [2.45, 2.75) is 103 Å². The van der Waals surface area contributed by atoms with Gasteiger partial charge in [-0.1, -0.05) is 107 Å². The zero-order valence-electron chi connectivity index (χ0n) is 14.3. The van der Waals surface area contributed by atoms with Crippen molar-refractivity contribution in [3.63, 3.8) is 0 Å². The minimum atomic E-state index is -0.297. The van der Waals surface area contributed by atoms with Gasteiger partial charge in [0, 0.05) is 6.42 Å². The van der Waals surface area contributed by atoms with Crippen molar-refractivity contribution in [3.05, 3.63) is 0 Å². The SMILES string of the molecule is CCCCCCCCCCCCCCCCC(=O)C(Cl)=NO. The van der Waals surface area contributed by atoms with E-state index in [1.54, 1.807) is 0 Å². The molecular formula is C18H34ClNO2. The Balaban J connectivity index is 3.13. The molecule has 4 heteroatoms. The van der Waals surface area contributed by atoms with Gasteiger partial charge in [0.25, 0.3) is 0 Å². The fourth-order valence-electron chi connectivity index (χ4n) is 2.64. The summed E-state index contributed by atoms with van der Waals surface area (Å²) in [7, 11) is 0. The Kier molecular flexibility index (Phi) is 16.4. The largest absolute Gasteiger partial charge is 0.410 e. The van der Waals surface area contributed by atoms with E-state index in [1.165, 1.54) is 77.0 Å². The lowest BCUT2D eigenvalue weighted by Crippen LogP contribution is -2.06. The molecule has 22 heavy (non-hydrogen) atoms. The van der Waals surface area contributed by atoms with Crippen molar-refractivity contribution in [2.75, 3.05) is 0 Å². The molecule has 0 unspecified atom stereocenters. The number of rotatable bonds is 16. The van der Waals surface area contributed by atoms with Crippen LogP contribution in [-0.2, 0) is 4.79 Å². The summed E-state index contributed by atoms with van der Waals surface area (Å²) in [6.45, 7) is 2.26. The summed E-state index contributed by atoms with van der Waals surface area (Å²) in [4.78, 5) is 11.3. The van der Waals surface area contributed by atoms with E-state index in [9.17, 15) is 4.79 Å². The van der Waals surface area contributed by atoms with Gasteiger partial charge in [-0.2, -0.15) is 0 Å². The van der Waals surface area contributed by atoms with Crippen LogP contribution in [0.5, 0.6) is 0 Å². The molecule has 0 aromatic carbocycles. The van der Waals surface area contributed by atoms with Crippen LogP contribution in [0.3, 0.4) is 0 Å². The highest BCUT2D eigenvalue weighted by Gasteiger charge is 2.07. The first-order chi connectivity index (χ1) is 10.7. The molecule has 130 valence electrons. The molecule has 0 aliphatic carbocycles. The second kappa shape index (κ2) is 16.8. The van der Waals surface area contributed by atoms with Crippen LogP contribution < -0.4 is 0 Å². The van der Waals surface area contributed by atoms with Crippen LogP contribution in [0.4, 0.5) is 0 Å². The summed E-state index contributed by atoms with van der Waals surface area (Å²) in [6.07, 6.45) is 18.5. The molecule has 0 aromatic rings. The van der Waals surface area contributed by atoms with E-state index in [2.05, 4.69) is 12.1 Å². The molecule has 0 saturated heterocycles. The van der Waals surface area contributed by atoms with Crippen molar-refractivity contribution in [3.8, 4) is 0 Å². The van der Waals surface area contributed by atoms with Gasteiger partial charge in [-0.3, -0.25) is 4.79 Å². The minimum absolute atomic E-state index is 0.261. The van der Waals surface area contributed by atoms with Gasteiger partial charge in [0.05, 0.1) is 0 Å². The second-order valence-corrected chi connectivity index (χ2v) is 6.52. The van der Waals surface area contributed by atoms with Gasteiger partial charge < -0.3 is 5.21 Å². The molecule has 0 aliphatic rings. The average Bonchev–Trinajstić information content (AvgIpc) is 2.54. The lowest BCUT2D eigenvalue weighted by molar-refractivity contribution is -0.112. The minimum Gasteiger partial charge on any atom is -0.410 e. The van der Waals surface area contributed by atoms with Gasteiger partial charge >= 0.3 is 0 Å². The molecular weight excluding hydrogens is 298 g/mol. The van der Waals surface area contributed by atoms with Crippen LogP contribution in [0.2, 0.25) is 0 Å². The first-order valence-corrected chi connectivity index (χ1v) is 9.51. The predicted molar refractivity (Wildman–Crippen MR) is 95.0 cm³/mol. The van der Waals surface area contributed by atoms with Gasteiger partial charge in [-0.15, -0.1) is 0 Å². The third-order valence-electron chi connectivity index (χ3n) is 4.08. The lowest BCUT2D eigenvalue weighted by Gasteiger charge is -2.03. The molecule has 0 aromatic heterocycles. The Labute approximate surface area is 141 Å². The van der Waals surface area contributed by atoms with E-state index in [0.29, 0.717) is 6.42 Å². The van der Waals surface area contributed by atoms with Crippen molar-refractivity contribution in [2.24, 2.45) is 5.16 Å². The Bertz CT molecular complexity index is 293. The summed E-state index contributed by atoms with van der Waals surface area (Å²) in [5.41, 5.74) is 0. The molecule has 0 radical (unpaired) electrons. The lowest BCUT2D eigenvalue weighted by atomic mass is 10.0. The highest BCUT2D eigenvalue weighted by molar-refractivity contribution is 6.82. The zero-order valence-corrected chi connectivity index (χ0v) is 15.0. The quantitative estimate of drug-likeness (QED) is 0.153. The Morgan fingerprint density at radius 3 is 1.50 bits per heavy atom. The molecule has 0 aliphatic heterocycles. The fraction of sp³-hybridized carbons (Fsp3) is 0.889. The second-order valence-electron chi connectivity index (χ2n) is 6.16. The predicted octanol–water partition coefficient (Wildman–Crippen LogP) is 6.45. The number of carbonyl (C=O) groups is 1. The third-order valence-corrected chi connectivity index (χ3v) is 4.36. The monoisotopic (exact) mass is 331 g/mol. The normalized spacial score (nSPS) is 11.8. The number of ketones is 1. The Morgan fingerprint density at radius 1 is 0.773 bits per heavy atom. The first-order valence-electron chi connectivity index (χ1n) is 9.13. The van der Waals surface area contributed by atoms with Gasteiger partial charge in [0.2, 0.25) is 5.17 Å². The van der Waals surface area contributed by atoms with Gasteiger partial charge in [0.15, 0.2) is 5.78 Å². The zero-order chi connectivity index (χ0) is 16.5. The van der Waals surface area contributed by atoms with Crippen molar-refractivity contribution < 1.29 is 10.0 Å². The number of hydrogen-bond acceptors (Lipinski definition) is 3. The summed E-state index contributed by atoms with van der Waals surface area (Å²) < 4.78 is 0. The van der Waals surface area contributed by atoms with Crippen molar-refractivity contribution in [1.82, 2.24) is 0 Å². The number of nitrogens with zero attached hydrogens (tertiary/aromatic N) is 1. The fourth-order valence-corrected chi connectivity index (χ4v) is 2.73. The van der Waals surface area contributed by atoms with Crippen LogP contribution in [0.1, 0.15) is 103 Å². The maximum atomic E-state index is 11.3. The summed E-state index contributed by atoms with van der Waals surface area (Å²) in [5.74, 6) is -0.261. The number of halogens is 1. The van der Waals surface area contributed by atoms with E-state index >= 15 is 0 Å². The van der Waals surface area contributed by atoms with Gasteiger partial charge in [-0.25, -0.2) is 0 Å². The molecule has 3 nitrogen and oxygen atoms in total. The summed E-state index contributed by atoms with van der Waals surface area (Å²) >= 11 is 5.42. The molecule has 1 N–H and O–H groups in total. The smallest absolute Gasteiger partial charge is 0.211 e. The first kappa shape index (κ1) is 21.4. The molecule has 0 bridgehead atoms. The maximum Gasteiger partial charge on any atom is 0.211 e. The Morgan fingerprint density at radius 2 is 1.14 bits per heavy atom. The Hall–Kier alpha value is -0.570. The number of unbranched alkanes of at least 4 members (excludes halogenated alkanes) is 13. The van der Waals surface area contributed by atoms with Crippen molar-refractivity contribution >= 4 is 22.6 Å². The van der Waals surface area contributed by atoms with Crippen LogP contribution in [-0.4, -0.2) is 16.2 Å². The molecule has 0 atom stereocenters. The molecule has 0 heterocycles. The van der Waals surface area contributed by atoms with E-state index in [-0.39, 0.29) is 11.0 Å². The van der Waals surface area contributed by atoms with E-state index in [1.807, 2.05) is 0 Å². The van der Waals surface area contributed by atoms with Crippen LogP contribution in [0, 0.1) is 0 Å². The molecule has 0 rings (SSSR count). The molecule has 0 saturated carbocycles. The number of Topliss-reactive ketones (excluding diaryl/α,β-unsaturated/α-hetero) is 1. The highest BCUT2D eigenvalue weighted by Crippen LogP contribution is 2.13. The standard InChI is InChI=1S/C18H34ClNO2/c1-2-3-4-5-6-7-8-9-10-11-12-13-14-15-16-17(21)18(19)20-22/h22H,2-16H2,1H3. The highest BCUT2D eigenvalue weighted by atomic mass is 35.5. The van der Waals surface area contributed by atoms with Crippen LogP contribution in [0.15, 0.2) is 5.16 Å². The number of hydrogen-bond donors (Lipinski definition) is 1. The molecule has 0 amide bonds. The third kappa shape index (κ3) is 14.4. The van der Waals surface area contributed by atoms with E-state index < -0.39 is 0 Å². The average molecular weight is 332 g/mol.